The van der Waals surface area contributed by atoms with Crippen LogP contribution < -0.4 is 4.74 Å². The molecule has 1 amide bonds. The Labute approximate surface area is 123 Å². The Bertz CT molecular complexity index is 454. The number of amides is 1. The second kappa shape index (κ2) is 6.79. The van der Waals surface area contributed by atoms with Crippen molar-refractivity contribution in [3.8, 4) is 5.75 Å². The topological polar surface area (TPSA) is 38.8 Å². The maximum Gasteiger partial charge on any atom is 0.410 e. The monoisotopic (exact) mass is 303 g/mol. The molecule has 6 heteroatoms. The van der Waals surface area contributed by atoms with Crippen LogP contribution in [0.3, 0.4) is 0 Å². The highest BCUT2D eigenvalue weighted by molar-refractivity contribution is 6.32. The molecule has 1 aromatic rings. The van der Waals surface area contributed by atoms with Gasteiger partial charge in [-0.05, 0) is 32.9 Å². The van der Waals surface area contributed by atoms with Crippen LogP contribution in [0.4, 0.5) is 9.18 Å². The van der Waals surface area contributed by atoms with Crippen molar-refractivity contribution in [1.29, 1.82) is 0 Å². The van der Waals surface area contributed by atoms with Crippen molar-refractivity contribution in [2.45, 2.75) is 26.4 Å². The Hall–Kier alpha value is -1.49. The zero-order valence-corrected chi connectivity index (χ0v) is 12.8. The summed E-state index contributed by atoms with van der Waals surface area (Å²) in [6.07, 6.45) is -0.458. The molecule has 0 fully saturated rings. The first-order valence-corrected chi connectivity index (χ1v) is 6.59. The molecule has 0 N–H and O–H groups in total. The lowest BCUT2D eigenvalue weighted by molar-refractivity contribution is 0.0277. The van der Waals surface area contributed by atoms with E-state index in [0.717, 1.165) is 0 Å². The van der Waals surface area contributed by atoms with Gasteiger partial charge in [0.1, 0.15) is 12.2 Å². The average Bonchev–Trinajstić information content (AvgIpc) is 2.30. The van der Waals surface area contributed by atoms with Gasteiger partial charge in [0, 0.05) is 7.05 Å². The van der Waals surface area contributed by atoms with Crippen molar-refractivity contribution in [2.24, 2.45) is 0 Å². The van der Waals surface area contributed by atoms with Crippen molar-refractivity contribution >= 4 is 17.7 Å². The highest BCUT2D eigenvalue weighted by Gasteiger charge is 2.19. The van der Waals surface area contributed by atoms with Crippen molar-refractivity contribution in [1.82, 2.24) is 4.90 Å². The molecular formula is C14H19ClFNO3. The first kappa shape index (κ1) is 16.6. The normalized spacial score (nSPS) is 11.1. The van der Waals surface area contributed by atoms with Gasteiger partial charge in [-0.15, -0.1) is 0 Å². The molecule has 112 valence electrons. The predicted octanol–water partition coefficient (Wildman–Crippen LogP) is 3.72. The lowest BCUT2D eigenvalue weighted by Crippen LogP contribution is -2.36. The van der Waals surface area contributed by atoms with Gasteiger partial charge in [-0.1, -0.05) is 17.7 Å². The van der Waals surface area contributed by atoms with E-state index < -0.39 is 17.5 Å². The van der Waals surface area contributed by atoms with E-state index in [1.54, 1.807) is 27.8 Å². The zero-order valence-electron chi connectivity index (χ0n) is 12.1. The van der Waals surface area contributed by atoms with E-state index in [0.29, 0.717) is 0 Å². The number of carbonyl (C=O) groups excluding carboxylic acids is 1. The molecule has 0 spiro atoms. The molecule has 0 unspecified atom stereocenters. The molecule has 0 saturated heterocycles. The molecule has 0 aliphatic heterocycles. The molecule has 0 radical (unpaired) electrons. The van der Waals surface area contributed by atoms with Gasteiger partial charge < -0.3 is 14.4 Å². The van der Waals surface area contributed by atoms with Crippen LogP contribution in [0.1, 0.15) is 20.8 Å². The molecule has 0 atom stereocenters. The van der Waals surface area contributed by atoms with Crippen molar-refractivity contribution < 1.29 is 18.7 Å². The molecule has 0 aliphatic carbocycles. The van der Waals surface area contributed by atoms with Gasteiger partial charge in [-0.3, -0.25) is 0 Å². The summed E-state index contributed by atoms with van der Waals surface area (Å²) in [4.78, 5) is 13.0. The lowest BCUT2D eigenvalue weighted by atomic mass is 10.2. The first-order valence-electron chi connectivity index (χ1n) is 6.21. The maximum atomic E-state index is 13.4. The minimum atomic E-state index is -0.555. The second-order valence-corrected chi connectivity index (χ2v) is 5.71. The minimum Gasteiger partial charge on any atom is -0.487 e. The van der Waals surface area contributed by atoms with E-state index in [2.05, 4.69) is 0 Å². The summed E-state index contributed by atoms with van der Waals surface area (Å²) in [6, 6.07) is 4.30. The molecule has 4 nitrogen and oxygen atoms in total. The van der Waals surface area contributed by atoms with Crippen LogP contribution in [0.15, 0.2) is 18.2 Å². The number of hydrogen-bond acceptors (Lipinski definition) is 3. The van der Waals surface area contributed by atoms with Gasteiger partial charge >= 0.3 is 6.09 Å². The fourth-order valence-corrected chi connectivity index (χ4v) is 1.55. The fraction of sp³-hybridized carbons (Fsp3) is 0.500. The van der Waals surface area contributed by atoms with Crippen LogP contribution >= 0.6 is 11.6 Å². The average molecular weight is 304 g/mol. The van der Waals surface area contributed by atoms with E-state index in [4.69, 9.17) is 21.1 Å². The Morgan fingerprint density at radius 1 is 1.40 bits per heavy atom. The molecule has 1 aromatic carbocycles. The van der Waals surface area contributed by atoms with Crippen LogP contribution in [0.5, 0.6) is 5.75 Å². The highest BCUT2D eigenvalue weighted by Crippen LogP contribution is 2.27. The quantitative estimate of drug-likeness (QED) is 0.851. The molecule has 0 bridgehead atoms. The van der Waals surface area contributed by atoms with Gasteiger partial charge in [0.15, 0.2) is 11.6 Å². The smallest absolute Gasteiger partial charge is 0.410 e. The highest BCUT2D eigenvalue weighted by atomic mass is 35.5. The summed E-state index contributed by atoms with van der Waals surface area (Å²) in [6.45, 7) is 5.74. The Kier molecular flexibility index (Phi) is 5.62. The van der Waals surface area contributed by atoms with E-state index >= 15 is 0 Å². The third kappa shape index (κ3) is 5.25. The summed E-state index contributed by atoms with van der Waals surface area (Å²) in [5.74, 6) is -0.538. The molecule has 0 aromatic heterocycles. The number of halogens is 2. The van der Waals surface area contributed by atoms with Gasteiger partial charge in [0.05, 0.1) is 11.6 Å². The van der Waals surface area contributed by atoms with Gasteiger partial charge in [0.25, 0.3) is 0 Å². The number of nitrogens with zero attached hydrogens (tertiary/aromatic N) is 1. The largest absolute Gasteiger partial charge is 0.487 e. The van der Waals surface area contributed by atoms with E-state index in [9.17, 15) is 9.18 Å². The zero-order chi connectivity index (χ0) is 15.3. The van der Waals surface area contributed by atoms with E-state index in [1.807, 2.05) is 0 Å². The third-order valence-electron chi connectivity index (χ3n) is 2.30. The predicted molar refractivity (Wildman–Crippen MR) is 75.8 cm³/mol. The van der Waals surface area contributed by atoms with Crippen LogP contribution in [0.2, 0.25) is 5.02 Å². The van der Waals surface area contributed by atoms with Crippen LogP contribution in [-0.2, 0) is 4.74 Å². The summed E-state index contributed by atoms with van der Waals surface area (Å²) >= 11 is 5.82. The van der Waals surface area contributed by atoms with Gasteiger partial charge in [-0.2, -0.15) is 0 Å². The Morgan fingerprint density at radius 2 is 2.05 bits per heavy atom. The molecule has 0 aliphatic rings. The number of rotatable bonds is 4. The molecule has 20 heavy (non-hydrogen) atoms. The summed E-state index contributed by atoms with van der Waals surface area (Å²) < 4.78 is 23.9. The molecule has 0 heterocycles. The van der Waals surface area contributed by atoms with Crippen LogP contribution in [-0.4, -0.2) is 36.8 Å². The standard InChI is InChI=1S/C14H19ClFNO3/c1-14(2,3)20-13(18)17(4)8-9-19-12-10(15)6-5-7-11(12)16/h5-7H,8-9H2,1-4H3. The number of benzene rings is 1. The van der Waals surface area contributed by atoms with Crippen LogP contribution in [0.25, 0.3) is 0 Å². The van der Waals surface area contributed by atoms with Gasteiger partial charge in [0.2, 0.25) is 0 Å². The molecule has 1 rings (SSSR count). The molecular weight excluding hydrogens is 285 g/mol. The number of likely N-dealkylation sites (N-methyl/N-ethyl adjacent to an activating group) is 1. The SMILES string of the molecule is CN(CCOc1c(F)cccc1Cl)C(=O)OC(C)(C)C. The number of ether oxygens (including phenoxy) is 2. The number of para-hydroxylation sites is 1. The molecule has 0 saturated carbocycles. The van der Waals surface area contributed by atoms with Crippen molar-refractivity contribution in [3.63, 3.8) is 0 Å². The number of hydrogen-bond donors (Lipinski definition) is 0. The van der Waals surface area contributed by atoms with Crippen molar-refractivity contribution in [2.75, 3.05) is 20.2 Å². The maximum absolute atomic E-state index is 13.4. The summed E-state index contributed by atoms with van der Waals surface area (Å²) in [5, 5.41) is 0.199. The Balaban J connectivity index is 2.46. The van der Waals surface area contributed by atoms with Crippen molar-refractivity contribution in [3.05, 3.63) is 29.0 Å². The van der Waals surface area contributed by atoms with Crippen LogP contribution in [0, 0.1) is 5.82 Å². The third-order valence-corrected chi connectivity index (χ3v) is 2.59. The number of carbonyl (C=O) groups is 1. The van der Waals surface area contributed by atoms with Gasteiger partial charge in [-0.25, -0.2) is 9.18 Å². The van der Waals surface area contributed by atoms with E-state index in [1.165, 1.54) is 23.1 Å². The second-order valence-electron chi connectivity index (χ2n) is 5.30. The van der Waals surface area contributed by atoms with E-state index in [-0.39, 0.29) is 23.9 Å². The lowest BCUT2D eigenvalue weighted by Gasteiger charge is -2.24. The fourth-order valence-electron chi connectivity index (χ4n) is 1.34. The minimum absolute atomic E-state index is 0.00763. The Morgan fingerprint density at radius 3 is 2.60 bits per heavy atom. The summed E-state index contributed by atoms with van der Waals surface area (Å²) in [5.41, 5.74) is -0.555. The first-order chi connectivity index (χ1) is 9.20. The summed E-state index contributed by atoms with van der Waals surface area (Å²) in [7, 11) is 1.58.